The van der Waals surface area contributed by atoms with E-state index in [1.54, 1.807) is 53.1 Å². The minimum absolute atomic E-state index is 0.0881. The number of thioether (sulfide) groups is 4. The van der Waals surface area contributed by atoms with E-state index in [4.69, 9.17) is 10.5 Å². The molecular formula is C15H8N2OS6. The van der Waals surface area contributed by atoms with Gasteiger partial charge in [0.05, 0.1) is 16.9 Å². The molecule has 0 saturated carbocycles. The van der Waals surface area contributed by atoms with E-state index in [1.807, 2.05) is 18.2 Å². The highest BCUT2D eigenvalue weighted by molar-refractivity contribution is 8.28. The fourth-order valence-electron chi connectivity index (χ4n) is 1.74. The van der Waals surface area contributed by atoms with Gasteiger partial charge in [-0.1, -0.05) is 69.7 Å². The van der Waals surface area contributed by atoms with E-state index in [-0.39, 0.29) is 9.63 Å². The number of nitriles is 2. The molecule has 0 radical (unpaired) electrons. The van der Waals surface area contributed by atoms with E-state index in [2.05, 4.69) is 13.8 Å². The lowest BCUT2D eigenvalue weighted by Gasteiger charge is -2.03. The minimum Gasteiger partial charge on any atom is -0.265 e. The predicted molar refractivity (Wildman–Crippen MR) is 108 cm³/mol. The van der Waals surface area contributed by atoms with Gasteiger partial charge < -0.3 is 0 Å². The van der Waals surface area contributed by atoms with E-state index >= 15 is 0 Å². The van der Waals surface area contributed by atoms with Crippen LogP contribution in [0, 0.1) is 22.7 Å². The molecular weight excluding hydrogens is 417 g/mol. The van der Waals surface area contributed by atoms with E-state index in [0.717, 1.165) is 22.5 Å². The van der Waals surface area contributed by atoms with Crippen LogP contribution in [0.1, 0.15) is 13.8 Å². The molecule has 1 aromatic rings. The summed E-state index contributed by atoms with van der Waals surface area (Å²) in [4.78, 5) is 13.9. The smallest absolute Gasteiger partial charge is 0.265 e. The molecule has 24 heavy (non-hydrogen) atoms. The second kappa shape index (κ2) is 7.61. The van der Waals surface area contributed by atoms with Crippen LogP contribution in [0.4, 0.5) is 0 Å². The second-order valence-electron chi connectivity index (χ2n) is 4.54. The van der Waals surface area contributed by atoms with Crippen LogP contribution in [0.5, 0.6) is 0 Å². The van der Waals surface area contributed by atoms with E-state index in [9.17, 15) is 4.79 Å². The lowest BCUT2D eigenvalue weighted by atomic mass is 10.2. The standard InChI is InChI=1S/C15H8N2OS6/c1-7-8(2)20-12(19-7)10(3-9(5-16)6-17)4-11-21-13-14(22-11)24-15(18)23-13/h3-4H,1-2H3. The van der Waals surface area contributed by atoms with Crippen molar-refractivity contribution in [1.82, 2.24) is 0 Å². The number of hydrogen-bond donors (Lipinski definition) is 0. The number of hydrogen-bond acceptors (Lipinski definition) is 9. The zero-order valence-corrected chi connectivity index (χ0v) is 17.3. The van der Waals surface area contributed by atoms with Crippen molar-refractivity contribution in [3.63, 3.8) is 0 Å². The summed E-state index contributed by atoms with van der Waals surface area (Å²) in [5.74, 6) is 0. The lowest BCUT2D eigenvalue weighted by molar-refractivity contribution is 1.45. The molecule has 0 amide bonds. The first-order valence-electron chi connectivity index (χ1n) is 6.51. The number of allylic oxidation sites excluding steroid dienone is 6. The summed E-state index contributed by atoms with van der Waals surface area (Å²) in [6, 6.07) is 3.85. The minimum atomic E-state index is 0.0881. The predicted octanol–water partition coefficient (Wildman–Crippen LogP) is 6.13. The molecule has 0 aliphatic carbocycles. The van der Waals surface area contributed by atoms with Gasteiger partial charge in [0.25, 0.3) is 4.06 Å². The Morgan fingerprint density at radius 2 is 1.50 bits per heavy atom. The van der Waals surface area contributed by atoms with Gasteiger partial charge in [-0.05, 0) is 41.4 Å². The van der Waals surface area contributed by atoms with Crippen molar-refractivity contribution in [3.8, 4) is 12.1 Å². The summed E-state index contributed by atoms with van der Waals surface area (Å²) in [6.07, 6.45) is 3.65. The lowest BCUT2D eigenvalue weighted by Crippen LogP contribution is -1.82. The van der Waals surface area contributed by atoms with Gasteiger partial charge in [0.2, 0.25) is 0 Å². The van der Waals surface area contributed by atoms with Gasteiger partial charge in [-0.15, -0.1) is 0 Å². The molecule has 9 heteroatoms. The topological polar surface area (TPSA) is 64.7 Å². The highest BCUT2D eigenvalue weighted by Crippen LogP contribution is 2.56. The first-order valence-corrected chi connectivity index (χ1v) is 11.4. The summed E-state index contributed by atoms with van der Waals surface area (Å²) in [5.41, 5.74) is 0.960. The summed E-state index contributed by atoms with van der Waals surface area (Å²) in [6.45, 7) is 4.13. The summed E-state index contributed by atoms with van der Waals surface area (Å²) < 4.78 is 4.32. The van der Waals surface area contributed by atoms with E-state index in [0.29, 0.717) is 0 Å². The van der Waals surface area contributed by atoms with Crippen molar-refractivity contribution < 1.29 is 0 Å². The Kier molecular flexibility index (Phi) is 5.70. The Labute approximate surface area is 164 Å². The van der Waals surface area contributed by atoms with Gasteiger partial charge in [-0.25, -0.2) is 0 Å². The Morgan fingerprint density at radius 1 is 0.958 bits per heavy atom. The first kappa shape index (κ1) is 18.0. The van der Waals surface area contributed by atoms with Crippen molar-refractivity contribution in [2.75, 3.05) is 0 Å². The van der Waals surface area contributed by atoms with Crippen molar-refractivity contribution in [2.24, 2.45) is 0 Å². The maximum atomic E-state index is 11.4. The van der Waals surface area contributed by atoms with Gasteiger partial charge in [0.1, 0.15) is 17.7 Å². The number of rotatable bonds is 2. The van der Waals surface area contributed by atoms with Crippen LogP contribution in [0.25, 0.3) is 0 Å². The monoisotopic (exact) mass is 424 g/mol. The Balaban J connectivity index is 1.97. The molecule has 1 aromatic heterocycles. The molecule has 3 nitrogen and oxygen atoms in total. The average molecular weight is 425 g/mol. The summed E-state index contributed by atoms with van der Waals surface area (Å²) >= 11 is 9.04. The largest absolute Gasteiger partial charge is 0.289 e. The first-order chi connectivity index (χ1) is 11.5. The quantitative estimate of drug-likeness (QED) is 0.529. The SMILES string of the molecule is CC1=C(C)SC(=C(C=C(C#N)C#N)C=C2Sc3sc(=O)sc3S2)S1. The fourth-order valence-corrected chi connectivity index (χ4v) is 9.88. The highest BCUT2D eigenvalue weighted by atomic mass is 32.2. The molecule has 0 spiro atoms. The van der Waals surface area contributed by atoms with E-state index in [1.165, 1.54) is 32.5 Å². The molecule has 0 aromatic carbocycles. The van der Waals surface area contributed by atoms with Gasteiger partial charge >= 0.3 is 0 Å². The molecule has 0 fully saturated rings. The third kappa shape index (κ3) is 3.88. The van der Waals surface area contributed by atoms with Gasteiger partial charge in [0.15, 0.2) is 0 Å². The van der Waals surface area contributed by atoms with Crippen LogP contribution in [-0.2, 0) is 0 Å². The molecule has 0 unspecified atom stereocenters. The molecule has 120 valence electrons. The van der Waals surface area contributed by atoms with Crippen LogP contribution < -0.4 is 4.06 Å². The Hall–Kier alpha value is -0.810. The zero-order chi connectivity index (χ0) is 17.3. The maximum absolute atomic E-state index is 11.4. The fraction of sp³-hybridized carbons (Fsp3) is 0.133. The van der Waals surface area contributed by atoms with Crippen molar-refractivity contribution >= 4 is 69.7 Å². The van der Waals surface area contributed by atoms with E-state index < -0.39 is 0 Å². The molecule has 2 aliphatic heterocycles. The third-order valence-electron chi connectivity index (χ3n) is 2.94. The average Bonchev–Trinajstić information content (AvgIpc) is 3.17. The van der Waals surface area contributed by atoms with Crippen molar-refractivity contribution in [1.29, 1.82) is 10.5 Å². The van der Waals surface area contributed by atoms with Crippen LogP contribution >= 0.6 is 69.7 Å². The highest BCUT2D eigenvalue weighted by Gasteiger charge is 2.23. The second-order valence-corrected chi connectivity index (χ2v) is 12.3. The molecule has 0 saturated heterocycles. The zero-order valence-electron chi connectivity index (χ0n) is 12.4. The van der Waals surface area contributed by atoms with Crippen molar-refractivity contribution in [2.45, 2.75) is 22.3 Å². The third-order valence-corrected chi connectivity index (χ3v) is 10.7. The number of fused-ring (bicyclic) bond motifs is 1. The van der Waals surface area contributed by atoms with Gasteiger partial charge in [-0.3, -0.25) is 4.79 Å². The molecule has 0 bridgehead atoms. The van der Waals surface area contributed by atoms with Crippen LogP contribution in [0.2, 0.25) is 0 Å². The van der Waals surface area contributed by atoms with Crippen LogP contribution in [0.3, 0.4) is 0 Å². The number of nitrogens with zero attached hydrogens (tertiary/aromatic N) is 2. The van der Waals surface area contributed by atoms with Crippen LogP contribution in [0.15, 0.2) is 54.8 Å². The maximum Gasteiger partial charge on any atom is 0.289 e. The molecule has 3 rings (SSSR count). The van der Waals surface area contributed by atoms with Gasteiger partial charge in [-0.2, -0.15) is 10.5 Å². The van der Waals surface area contributed by atoms with Crippen LogP contribution in [-0.4, -0.2) is 0 Å². The molecule has 2 aliphatic rings. The normalized spacial score (nSPS) is 15.8. The molecule has 3 heterocycles. The van der Waals surface area contributed by atoms with Crippen molar-refractivity contribution in [3.05, 3.63) is 50.4 Å². The summed E-state index contributed by atoms with van der Waals surface area (Å²) in [7, 11) is 0. The Bertz CT molecular complexity index is 916. The molecule has 0 atom stereocenters. The summed E-state index contributed by atoms with van der Waals surface area (Å²) in [5, 5.41) is 18.1. The molecule has 0 N–H and O–H groups in total. The van der Waals surface area contributed by atoms with Gasteiger partial charge in [0, 0.05) is 0 Å². The Morgan fingerprint density at radius 3 is 2.00 bits per heavy atom.